The van der Waals surface area contributed by atoms with E-state index in [0.29, 0.717) is 13.2 Å². The van der Waals surface area contributed by atoms with Crippen LogP contribution in [0.1, 0.15) is 27.7 Å². The third-order valence-electron chi connectivity index (χ3n) is 2.50. The summed E-state index contributed by atoms with van der Waals surface area (Å²) in [5.41, 5.74) is 2.92. The number of carbonyl (C=O) groups excluding carboxylic acids is 2. The molecule has 0 saturated carbocycles. The Morgan fingerprint density at radius 1 is 1.30 bits per heavy atom. The van der Waals surface area contributed by atoms with E-state index in [9.17, 15) is 9.59 Å². The van der Waals surface area contributed by atoms with Crippen LogP contribution in [0.25, 0.3) is 0 Å². The maximum absolute atomic E-state index is 12.0. The number of ether oxygens (including phenoxy) is 3. The Labute approximate surface area is 119 Å². The molecule has 8 heteroatoms. The van der Waals surface area contributed by atoms with Crippen molar-refractivity contribution in [2.45, 2.75) is 40.0 Å². The fourth-order valence-corrected chi connectivity index (χ4v) is 1.74. The van der Waals surface area contributed by atoms with Gasteiger partial charge in [0.1, 0.15) is 0 Å². The molecule has 0 rings (SSSR count). The zero-order chi connectivity index (χ0) is 15.8. The van der Waals surface area contributed by atoms with Gasteiger partial charge in [-0.1, -0.05) is 6.92 Å². The summed E-state index contributed by atoms with van der Waals surface area (Å²) in [4.78, 5) is 23.4. The third kappa shape index (κ3) is 4.50. The summed E-state index contributed by atoms with van der Waals surface area (Å²) in [5, 5.41) is 4.02. The topological polar surface area (TPSA) is 89.1 Å². The van der Waals surface area contributed by atoms with Crippen molar-refractivity contribution in [3.8, 4) is 0 Å². The first-order valence-electron chi connectivity index (χ1n) is 6.46. The maximum atomic E-state index is 12.0. The third-order valence-corrected chi connectivity index (χ3v) is 2.50. The lowest BCUT2D eigenvalue weighted by Crippen LogP contribution is -2.71. The number of nitrogens with zero attached hydrogens (tertiary/aromatic N) is 1. The molecule has 0 aromatic heterocycles. The van der Waals surface area contributed by atoms with Crippen LogP contribution in [0.4, 0.5) is 0 Å². The van der Waals surface area contributed by atoms with Gasteiger partial charge in [0.2, 0.25) is 12.2 Å². The molecule has 0 bridgehead atoms. The van der Waals surface area contributed by atoms with Gasteiger partial charge in [0, 0.05) is 34.1 Å². The number of ketones is 1. The van der Waals surface area contributed by atoms with E-state index < -0.39 is 24.0 Å². The lowest BCUT2D eigenvalue weighted by Gasteiger charge is -2.42. The minimum Gasteiger partial charge on any atom is -0.421 e. The summed E-state index contributed by atoms with van der Waals surface area (Å²) in [5.74, 6) is -2.74. The highest BCUT2D eigenvalue weighted by Gasteiger charge is 2.48. The quantitative estimate of drug-likeness (QED) is 0.325. The lowest BCUT2D eigenvalue weighted by molar-refractivity contribution is -0.298. The molecule has 2 N–H and O–H groups in total. The second-order valence-electron chi connectivity index (χ2n) is 3.92. The Bertz CT molecular complexity index is 326. The molecule has 118 valence electrons. The largest absolute Gasteiger partial charge is 0.421 e. The molecule has 0 aliphatic rings. The minimum absolute atomic E-state index is 0.359. The van der Waals surface area contributed by atoms with Gasteiger partial charge in [-0.3, -0.25) is 14.9 Å². The van der Waals surface area contributed by atoms with Crippen LogP contribution in [0.5, 0.6) is 0 Å². The molecular weight excluding hydrogens is 266 g/mol. The predicted octanol–water partition coefficient (Wildman–Crippen LogP) is -0.195. The molecular formula is C12H25N3O5. The molecule has 8 nitrogen and oxygen atoms in total. The van der Waals surface area contributed by atoms with Crippen LogP contribution in [-0.2, 0) is 23.8 Å². The highest BCUT2D eigenvalue weighted by atomic mass is 16.7. The number of nitrogens with one attached hydrogen (secondary N) is 2. The van der Waals surface area contributed by atoms with Crippen molar-refractivity contribution in [3.63, 3.8) is 0 Å². The molecule has 0 saturated heterocycles. The van der Waals surface area contributed by atoms with Crippen LogP contribution < -0.4 is 10.7 Å². The van der Waals surface area contributed by atoms with Crippen molar-refractivity contribution in [3.05, 3.63) is 0 Å². The number of hydrogen-bond acceptors (Lipinski definition) is 8. The molecule has 2 atom stereocenters. The Morgan fingerprint density at radius 3 is 2.20 bits per heavy atom. The number of rotatable bonds is 10. The molecule has 0 amide bonds. The van der Waals surface area contributed by atoms with Crippen LogP contribution >= 0.6 is 0 Å². The fourth-order valence-electron chi connectivity index (χ4n) is 1.74. The summed E-state index contributed by atoms with van der Waals surface area (Å²) in [6, 6.07) is 0. The second-order valence-corrected chi connectivity index (χ2v) is 3.92. The zero-order valence-corrected chi connectivity index (χ0v) is 13.0. The van der Waals surface area contributed by atoms with Gasteiger partial charge in [0.25, 0.3) is 5.85 Å². The first-order chi connectivity index (χ1) is 9.39. The normalized spacial score (nSPS) is 15.8. The summed E-state index contributed by atoms with van der Waals surface area (Å²) >= 11 is 0. The number of likely N-dealkylation sites (N-methyl/N-ethyl adjacent to an activating group) is 1. The standard InChI is InChI=1S/C12H25N3O5/c1-7-14-15(11(18-6)19-8-2)12(13-5,9(3)16)20-10(4)17/h11,13-14H,7-8H2,1-6H3. The van der Waals surface area contributed by atoms with Crippen molar-refractivity contribution in [1.29, 1.82) is 0 Å². The summed E-state index contributed by atoms with van der Waals surface area (Å²) in [6.07, 6.45) is -0.907. The average molecular weight is 291 g/mol. The number of methoxy groups -OCH3 is 1. The molecule has 0 fully saturated rings. The van der Waals surface area contributed by atoms with E-state index >= 15 is 0 Å². The van der Waals surface area contributed by atoms with Crippen molar-refractivity contribution in [2.75, 3.05) is 27.3 Å². The van der Waals surface area contributed by atoms with Gasteiger partial charge in [-0.05, 0) is 14.0 Å². The van der Waals surface area contributed by atoms with Crippen LogP contribution in [0.3, 0.4) is 0 Å². The molecule has 0 aliphatic carbocycles. The number of Topliss-reactive ketones (excluding diaryl/α,β-unsaturated/α-hetero) is 1. The minimum atomic E-state index is -1.71. The second kappa shape index (κ2) is 8.98. The Balaban J connectivity index is 5.60. The van der Waals surface area contributed by atoms with E-state index in [1.54, 1.807) is 6.92 Å². The molecule has 0 heterocycles. The summed E-state index contributed by atoms with van der Waals surface area (Å²) in [6.45, 7) is 6.99. The number of hydrogen-bond donors (Lipinski definition) is 2. The van der Waals surface area contributed by atoms with Crippen LogP contribution in [0.15, 0.2) is 0 Å². The van der Waals surface area contributed by atoms with Crippen molar-refractivity contribution in [1.82, 2.24) is 15.8 Å². The Hall–Kier alpha value is -1.06. The van der Waals surface area contributed by atoms with Gasteiger partial charge < -0.3 is 14.2 Å². The first kappa shape index (κ1) is 18.9. The maximum Gasteiger partial charge on any atom is 0.305 e. The number of carbonyl (C=O) groups is 2. The highest BCUT2D eigenvalue weighted by Crippen LogP contribution is 2.18. The summed E-state index contributed by atoms with van der Waals surface area (Å²) < 4.78 is 15.8. The summed E-state index contributed by atoms with van der Waals surface area (Å²) in [7, 11) is 2.94. The lowest BCUT2D eigenvalue weighted by atomic mass is 10.2. The van der Waals surface area contributed by atoms with Gasteiger partial charge >= 0.3 is 5.97 Å². The molecule has 0 radical (unpaired) electrons. The zero-order valence-electron chi connectivity index (χ0n) is 13.0. The first-order valence-corrected chi connectivity index (χ1v) is 6.46. The van der Waals surface area contributed by atoms with Crippen LogP contribution in [-0.4, -0.2) is 56.3 Å². The Morgan fingerprint density at radius 2 is 1.90 bits per heavy atom. The molecule has 0 aromatic rings. The van der Waals surface area contributed by atoms with Gasteiger partial charge in [0.05, 0.1) is 0 Å². The molecule has 0 spiro atoms. The fraction of sp³-hybridized carbons (Fsp3) is 0.833. The van der Waals surface area contributed by atoms with Gasteiger partial charge in [-0.25, -0.2) is 5.43 Å². The molecule has 2 unspecified atom stereocenters. The predicted molar refractivity (Wildman–Crippen MR) is 72.2 cm³/mol. The Kier molecular flexibility index (Phi) is 8.51. The highest BCUT2D eigenvalue weighted by molar-refractivity contribution is 5.86. The number of esters is 1. The molecule has 0 aliphatic heterocycles. The van der Waals surface area contributed by atoms with Crippen LogP contribution in [0, 0.1) is 0 Å². The number of hydrazine groups is 1. The average Bonchev–Trinajstić information content (AvgIpc) is 2.39. The van der Waals surface area contributed by atoms with Crippen molar-refractivity contribution < 1.29 is 23.8 Å². The van der Waals surface area contributed by atoms with Gasteiger partial charge in [0.15, 0.2) is 0 Å². The molecule has 0 aromatic carbocycles. The van der Waals surface area contributed by atoms with Crippen LogP contribution in [0.2, 0.25) is 0 Å². The monoisotopic (exact) mass is 291 g/mol. The van der Waals surface area contributed by atoms with E-state index in [1.807, 2.05) is 6.92 Å². The van der Waals surface area contributed by atoms with Crippen molar-refractivity contribution in [2.24, 2.45) is 0 Å². The SMILES string of the molecule is CCNN(C(OC)OCC)C(NC)(OC(C)=O)C(C)=O. The van der Waals surface area contributed by atoms with E-state index in [1.165, 1.54) is 33.0 Å². The smallest absolute Gasteiger partial charge is 0.305 e. The molecule has 20 heavy (non-hydrogen) atoms. The van der Waals surface area contributed by atoms with E-state index in [2.05, 4.69) is 10.7 Å². The van der Waals surface area contributed by atoms with Crippen molar-refractivity contribution >= 4 is 11.8 Å². The van der Waals surface area contributed by atoms with E-state index in [4.69, 9.17) is 14.2 Å². The van der Waals surface area contributed by atoms with Gasteiger partial charge in [-0.15, -0.1) is 5.01 Å². The van der Waals surface area contributed by atoms with E-state index in [-0.39, 0.29) is 0 Å². The van der Waals surface area contributed by atoms with Gasteiger partial charge in [-0.2, -0.15) is 0 Å². The van der Waals surface area contributed by atoms with E-state index in [0.717, 1.165) is 0 Å².